The highest BCUT2D eigenvalue weighted by Gasteiger charge is 2.18. The van der Waals surface area contributed by atoms with E-state index in [4.69, 9.17) is 12.2 Å². The summed E-state index contributed by atoms with van der Waals surface area (Å²) in [5, 5.41) is 6.11. The molecular formula is C14H17BrN2OS. The summed E-state index contributed by atoms with van der Waals surface area (Å²) >= 11 is 8.53. The van der Waals surface area contributed by atoms with E-state index in [1.54, 1.807) is 0 Å². The Balaban J connectivity index is 1.78. The Hall–Kier alpha value is -0.940. The van der Waals surface area contributed by atoms with Gasteiger partial charge in [0.1, 0.15) is 0 Å². The van der Waals surface area contributed by atoms with Gasteiger partial charge in [0.2, 0.25) is 5.91 Å². The second-order valence-electron chi connectivity index (χ2n) is 4.87. The largest absolute Gasteiger partial charge is 0.332 e. The summed E-state index contributed by atoms with van der Waals surface area (Å²) in [6.45, 7) is 0. The third-order valence-electron chi connectivity index (χ3n) is 3.28. The summed E-state index contributed by atoms with van der Waals surface area (Å²) in [4.78, 5) is 11.8. The predicted octanol–water partition coefficient (Wildman–Crippen LogP) is 3.84. The number of hydrogen-bond acceptors (Lipinski definition) is 2. The summed E-state index contributed by atoms with van der Waals surface area (Å²) in [6, 6.07) is 7.66. The Bertz CT molecular complexity index is 472. The number of amides is 1. The number of rotatable bonds is 3. The first kappa shape index (κ1) is 14.5. The standard InChI is InChI=1S/C14H17BrN2OS/c15-11-6-3-7-12(9-11)16-14(19)17-13(18)8-10-4-1-2-5-10/h3,6-7,9-10H,1-2,4-5,8H2,(H2,16,17,18,19). The van der Waals surface area contributed by atoms with E-state index in [0.717, 1.165) is 10.2 Å². The molecule has 0 aliphatic heterocycles. The molecule has 2 N–H and O–H groups in total. The van der Waals surface area contributed by atoms with Crippen LogP contribution in [0.3, 0.4) is 0 Å². The fraction of sp³-hybridized carbons (Fsp3) is 0.429. The lowest BCUT2D eigenvalue weighted by molar-refractivity contribution is -0.120. The summed E-state index contributed by atoms with van der Waals surface area (Å²) in [5.74, 6) is 0.549. The van der Waals surface area contributed by atoms with Crippen molar-refractivity contribution in [3.05, 3.63) is 28.7 Å². The summed E-state index contributed by atoms with van der Waals surface area (Å²) in [7, 11) is 0. The molecule has 0 saturated heterocycles. The van der Waals surface area contributed by atoms with Crippen molar-refractivity contribution < 1.29 is 4.79 Å². The van der Waals surface area contributed by atoms with Gasteiger partial charge in [0, 0.05) is 16.6 Å². The van der Waals surface area contributed by atoms with Crippen LogP contribution in [0, 0.1) is 5.92 Å². The van der Waals surface area contributed by atoms with Crippen molar-refractivity contribution in [2.75, 3.05) is 5.32 Å². The zero-order chi connectivity index (χ0) is 13.7. The summed E-state index contributed by atoms with van der Waals surface area (Å²) in [6.07, 6.45) is 5.41. The molecule has 1 amide bonds. The number of carbonyl (C=O) groups is 1. The van der Waals surface area contributed by atoms with Crippen LogP contribution in [-0.4, -0.2) is 11.0 Å². The van der Waals surface area contributed by atoms with Crippen LogP contribution in [0.1, 0.15) is 32.1 Å². The van der Waals surface area contributed by atoms with Gasteiger partial charge in [-0.1, -0.05) is 34.8 Å². The van der Waals surface area contributed by atoms with Crippen molar-refractivity contribution in [3.8, 4) is 0 Å². The van der Waals surface area contributed by atoms with Crippen LogP contribution in [0.15, 0.2) is 28.7 Å². The van der Waals surface area contributed by atoms with Gasteiger partial charge in [0.25, 0.3) is 0 Å². The predicted molar refractivity (Wildman–Crippen MR) is 85.1 cm³/mol. The molecule has 1 saturated carbocycles. The summed E-state index contributed by atoms with van der Waals surface area (Å²) < 4.78 is 0.970. The first-order valence-electron chi connectivity index (χ1n) is 6.50. The quantitative estimate of drug-likeness (QED) is 0.821. The molecule has 3 nitrogen and oxygen atoms in total. The van der Waals surface area contributed by atoms with Crippen molar-refractivity contribution in [2.45, 2.75) is 32.1 Å². The highest BCUT2D eigenvalue weighted by Crippen LogP contribution is 2.27. The van der Waals surface area contributed by atoms with Gasteiger partial charge in [-0.2, -0.15) is 0 Å². The molecule has 1 fully saturated rings. The molecule has 0 unspecified atom stereocenters. The molecule has 1 aliphatic rings. The number of anilines is 1. The average Bonchev–Trinajstić information content (AvgIpc) is 2.81. The Morgan fingerprint density at radius 3 is 2.79 bits per heavy atom. The van der Waals surface area contributed by atoms with Gasteiger partial charge in [0.15, 0.2) is 5.11 Å². The molecule has 0 atom stereocenters. The molecule has 1 aliphatic carbocycles. The molecule has 1 aromatic rings. The zero-order valence-electron chi connectivity index (χ0n) is 10.6. The highest BCUT2D eigenvalue weighted by atomic mass is 79.9. The van der Waals surface area contributed by atoms with E-state index in [0.29, 0.717) is 17.5 Å². The van der Waals surface area contributed by atoms with Crippen LogP contribution in [-0.2, 0) is 4.79 Å². The zero-order valence-corrected chi connectivity index (χ0v) is 13.0. The fourth-order valence-corrected chi connectivity index (χ4v) is 3.01. The highest BCUT2D eigenvalue weighted by molar-refractivity contribution is 9.10. The maximum atomic E-state index is 11.8. The summed E-state index contributed by atoms with van der Waals surface area (Å²) in [5.41, 5.74) is 0.862. The van der Waals surface area contributed by atoms with Crippen molar-refractivity contribution >= 4 is 44.9 Å². The second-order valence-corrected chi connectivity index (χ2v) is 6.19. The monoisotopic (exact) mass is 340 g/mol. The van der Waals surface area contributed by atoms with Gasteiger partial charge in [-0.25, -0.2) is 0 Å². The molecule has 0 heterocycles. The maximum Gasteiger partial charge on any atom is 0.226 e. The number of benzene rings is 1. The fourth-order valence-electron chi connectivity index (χ4n) is 2.38. The number of thiocarbonyl (C=S) groups is 1. The van der Waals surface area contributed by atoms with E-state index in [2.05, 4.69) is 26.6 Å². The maximum absolute atomic E-state index is 11.8. The molecule has 2 rings (SSSR count). The topological polar surface area (TPSA) is 41.1 Å². The molecule has 0 aromatic heterocycles. The lowest BCUT2D eigenvalue weighted by Crippen LogP contribution is -2.34. The smallest absolute Gasteiger partial charge is 0.226 e. The number of halogens is 1. The van der Waals surface area contributed by atoms with E-state index in [9.17, 15) is 4.79 Å². The molecule has 5 heteroatoms. The van der Waals surface area contributed by atoms with Crippen LogP contribution in [0.5, 0.6) is 0 Å². The minimum absolute atomic E-state index is 0.0133. The molecule has 1 aromatic carbocycles. The lowest BCUT2D eigenvalue weighted by Gasteiger charge is -2.12. The molecular weight excluding hydrogens is 324 g/mol. The second kappa shape index (κ2) is 7.01. The van der Waals surface area contributed by atoms with E-state index in [1.807, 2.05) is 24.3 Å². The van der Waals surface area contributed by atoms with Crippen LogP contribution >= 0.6 is 28.1 Å². The Morgan fingerprint density at radius 2 is 2.11 bits per heavy atom. The van der Waals surface area contributed by atoms with Crippen molar-refractivity contribution in [1.82, 2.24) is 5.32 Å². The first-order chi connectivity index (χ1) is 9.13. The van der Waals surface area contributed by atoms with E-state index in [1.165, 1.54) is 25.7 Å². The van der Waals surface area contributed by atoms with Crippen LogP contribution in [0.25, 0.3) is 0 Å². The number of carbonyl (C=O) groups excluding carboxylic acids is 1. The number of hydrogen-bond donors (Lipinski definition) is 2. The molecule has 0 bridgehead atoms. The van der Waals surface area contributed by atoms with E-state index >= 15 is 0 Å². The number of nitrogens with one attached hydrogen (secondary N) is 2. The van der Waals surface area contributed by atoms with Crippen LogP contribution < -0.4 is 10.6 Å². The van der Waals surface area contributed by atoms with E-state index in [-0.39, 0.29) is 5.91 Å². The van der Waals surface area contributed by atoms with Gasteiger partial charge in [-0.15, -0.1) is 0 Å². The van der Waals surface area contributed by atoms with Crippen molar-refractivity contribution in [1.29, 1.82) is 0 Å². The van der Waals surface area contributed by atoms with Gasteiger partial charge in [-0.3, -0.25) is 4.79 Å². The Morgan fingerprint density at radius 1 is 1.37 bits per heavy atom. The van der Waals surface area contributed by atoms with Gasteiger partial charge in [-0.05, 0) is 49.2 Å². The first-order valence-corrected chi connectivity index (χ1v) is 7.70. The molecule has 0 radical (unpaired) electrons. The normalized spacial score (nSPS) is 15.2. The van der Waals surface area contributed by atoms with Crippen LogP contribution in [0.2, 0.25) is 0 Å². The van der Waals surface area contributed by atoms with Crippen LogP contribution in [0.4, 0.5) is 5.69 Å². The molecule has 19 heavy (non-hydrogen) atoms. The third kappa shape index (κ3) is 4.91. The SMILES string of the molecule is O=C(CC1CCCC1)NC(=S)Nc1cccc(Br)c1. The molecule has 0 spiro atoms. The third-order valence-corrected chi connectivity index (χ3v) is 3.98. The minimum atomic E-state index is 0.0133. The molecule has 102 valence electrons. The van der Waals surface area contributed by atoms with Crippen molar-refractivity contribution in [3.63, 3.8) is 0 Å². The minimum Gasteiger partial charge on any atom is -0.332 e. The van der Waals surface area contributed by atoms with E-state index < -0.39 is 0 Å². The Kier molecular flexibility index (Phi) is 5.34. The van der Waals surface area contributed by atoms with Gasteiger partial charge < -0.3 is 10.6 Å². The Labute approximate surface area is 127 Å². The van der Waals surface area contributed by atoms with Crippen molar-refractivity contribution in [2.24, 2.45) is 5.92 Å². The lowest BCUT2D eigenvalue weighted by atomic mass is 10.0. The van der Waals surface area contributed by atoms with Gasteiger partial charge >= 0.3 is 0 Å². The van der Waals surface area contributed by atoms with Gasteiger partial charge in [0.05, 0.1) is 0 Å². The average molecular weight is 341 g/mol.